The molecule has 0 radical (unpaired) electrons. The summed E-state index contributed by atoms with van der Waals surface area (Å²) in [5.74, 6) is 0.787. The predicted octanol–water partition coefficient (Wildman–Crippen LogP) is 2.95. The molecule has 3 unspecified atom stereocenters. The molecule has 1 fully saturated rings. The molecule has 0 heterocycles. The second-order valence-electron chi connectivity index (χ2n) is 6.46. The third-order valence-corrected chi connectivity index (χ3v) is 3.85. The number of hydrogen-bond acceptors (Lipinski definition) is 2. The van der Waals surface area contributed by atoms with Gasteiger partial charge in [-0.25, -0.2) is 0 Å². The molecule has 0 aromatic heterocycles. The van der Waals surface area contributed by atoms with Crippen LogP contribution in [0.3, 0.4) is 0 Å². The Morgan fingerprint density at radius 3 is 2.44 bits per heavy atom. The predicted molar refractivity (Wildman–Crippen MR) is 69.5 cm³/mol. The lowest BCUT2D eigenvalue weighted by molar-refractivity contribution is 0.124. The summed E-state index contributed by atoms with van der Waals surface area (Å²) in [6.07, 6.45) is 6.10. The number of nitrogens with one attached hydrogen (secondary N) is 1. The van der Waals surface area contributed by atoms with E-state index in [1.54, 1.807) is 0 Å². The van der Waals surface area contributed by atoms with Crippen molar-refractivity contribution in [3.05, 3.63) is 0 Å². The minimum Gasteiger partial charge on any atom is -0.393 e. The van der Waals surface area contributed by atoms with E-state index in [0.717, 1.165) is 18.9 Å². The Morgan fingerprint density at radius 2 is 1.88 bits per heavy atom. The molecule has 0 spiro atoms. The molecule has 1 aliphatic carbocycles. The Morgan fingerprint density at radius 1 is 1.25 bits per heavy atom. The van der Waals surface area contributed by atoms with Crippen LogP contribution in [0.15, 0.2) is 0 Å². The SMILES string of the molecule is CC(O)CCNC1CCCCC1C(C)(C)C. The maximum Gasteiger partial charge on any atom is 0.0524 e. The number of rotatable bonds is 4. The van der Waals surface area contributed by atoms with Crippen molar-refractivity contribution < 1.29 is 5.11 Å². The van der Waals surface area contributed by atoms with Gasteiger partial charge in [0.2, 0.25) is 0 Å². The van der Waals surface area contributed by atoms with Crippen LogP contribution < -0.4 is 5.32 Å². The van der Waals surface area contributed by atoms with Gasteiger partial charge in [-0.3, -0.25) is 0 Å². The second kappa shape index (κ2) is 6.02. The van der Waals surface area contributed by atoms with E-state index in [0.29, 0.717) is 11.5 Å². The highest BCUT2D eigenvalue weighted by molar-refractivity contribution is 4.88. The van der Waals surface area contributed by atoms with Gasteiger partial charge in [-0.2, -0.15) is 0 Å². The van der Waals surface area contributed by atoms with Crippen molar-refractivity contribution in [3.8, 4) is 0 Å². The molecular formula is C14H29NO. The number of hydrogen-bond donors (Lipinski definition) is 2. The van der Waals surface area contributed by atoms with Crippen LogP contribution in [0.25, 0.3) is 0 Å². The first-order valence-electron chi connectivity index (χ1n) is 6.82. The smallest absolute Gasteiger partial charge is 0.0524 e. The van der Waals surface area contributed by atoms with Gasteiger partial charge in [0.1, 0.15) is 0 Å². The normalized spacial score (nSPS) is 29.1. The quantitative estimate of drug-likeness (QED) is 0.774. The summed E-state index contributed by atoms with van der Waals surface area (Å²) in [5.41, 5.74) is 0.406. The zero-order valence-electron chi connectivity index (χ0n) is 11.4. The van der Waals surface area contributed by atoms with Crippen molar-refractivity contribution in [1.82, 2.24) is 5.32 Å². The number of aliphatic hydroxyl groups is 1. The van der Waals surface area contributed by atoms with Crippen LogP contribution in [0.5, 0.6) is 0 Å². The van der Waals surface area contributed by atoms with Crippen LogP contribution in [-0.2, 0) is 0 Å². The first kappa shape index (κ1) is 14.0. The second-order valence-corrected chi connectivity index (χ2v) is 6.46. The first-order chi connectivity index (χ1) is 7.41. The molecular weight excluding hydrogens is 198 g/mol. The van der Waals surface area contributed by atoms with Gasteiger partial charge in [0.05, 0.1) is 6.10 Å². The zero-order valence-corrected chi connectivity index (χ0v) is 11.4. The highest BCUT2D eigenvalue weighted by Gasteiger charge is 2.33. The molecule has 16 heavy (non-hydrogen) atoms. The van der Waals surface area contributed by atoms with Gasteiger partial charge >= 0.3 is 0 Å². The fourth-order valence-corrected chi connectivity index (χ4v) is 2.89. The van der Waals surface area contributed by atoms with Gasteiger partial charge in [0.25, 0.3) is 0 Å². The van der Waals surface area contributed by atoms with E-state index in [1.807, 2.05) is 6.92 Å². The molecule has 1 aliphatic rings. The van der Waals surface area contributed by atoms with E-state index < -0.39 is 0 Å². The van der Waals surface area contributed by atoms with Crippen molar-refractivity contribution in [3.63, 3.8) is 0 Å². The van der Waals surface area contributed by atoms with Crippen molar-refractivity contribution in [2.45, 2.75) is 71.9 Å². The summed E-state index contributed by atoms with van der Waals surface area (Å²) in [5, 5.41) is 12.9. The minimum absolute atomic E-state index is 0.177. The molecule has 3 atom stereocenters. The van der Waals surface area contributed by atoms with Gasteiger partial charge < -0.3 is 10.4 Å². The molecule has 0 bridgehead atoms. The Hall–Kier alpha value is -0.0800. The standard InChI is InChI=1S/C14H29NO/c1-11(16)9-10-15-13-8-6-5-7-12(13)14(2,3)4/h11-13,15-16H,5-10H2,1-4H3. The van der Waals surface area contributed by atoms with Gasteiger partial charge in [0.15, 0.2) is 0 Å². The largest absolute Gasteiger partial charge is 0.393 e. The molecule has 0 aliphatic heterocycles. The average Bonchev–Trinajstić information content (AvgIpc) is 2.16. The van der Waals surface area contributed by atoms with E-state index in [4.69, 9.17) is 0 Å². The molecule has 2 heteroatoms. The summed E-state index contributed by atoms with van der Waals surface area (Å²) in [4.78, 5) is 0. The van der Waals surface area contributed by atoms with Crippen molar-refractivity contribution in [2.75, 3.05) is 6.54 Å². The Bertz CT molecular complexity index is 195. The third-order valence-electron chi connectivity index (χ3n) is 3.85. The first-order valence-corrected chi connectivity index (χ1v) is 6.82. The van der Waals surface area contributed by atoms with E-state index in [1.165, 1.54) is 25.7 Å². The highest BCUT2D eigenvalue weighted by Crippen LogP contribution is 2.37. The van der Waals surface area contributed by atoms with E-state index in [2.05, 4.69) is 26.1 Å². The van der Waals surface area contributed by atoms with Crippen molar-refractivity contribution >= 4 is 0 Å². The van der Waals surface area contributed by atoms with Crippen LogP contribution in [0, 0.1) is 11.3 Å². The lowest BCUT2D eigenvalue weighted by atomic mass is 9.69. The fraction of sp³-hybridized carbons (Fsp3) is 1.00. The molecule has 1 rings (SSSR count). The van der Waals surface area contributed by atoms with Gasteiger partial charge in [0, 0.05) is 6.04 Å². The zero-order chi connectivity index (χ0) is 12.2. The monoisotopic (exact) mass is 227 g/mol. The highest BCUT2D eigenvalue weighted by atomic mass is 16.3. The van der Waals surface area contributed by atoms with Crippen molar-refractivity contribution in [2.24, 2.45) is 11.3 Å². The average molecular weight is 227 g/mol. The van der Waals surface area contributed by atoms with Crippen LogP contribution in [0.1, 0.15) is 59.8 Å². The van der Waals surface area contributed by atoms with Crippen LogP contribution in [0.2, 0.25) is 0 Å². The van der Waals surface area contributed by atoms with Crippen molar-refractivity contribution in [1.29, 1.82) is 0 Å². The number of aliphatic hydroxyl groups excluding tert-OH is 1. The minimum atomic E-state index is -0.177. The van der Waals surface area contributed by atoms with Crippen LogP contribution >= 0.6 is 0 Å². The maximum absolute atomic E-state index is 9.27. The van der Waals surface area contributed by atoms with Crippen LogP contribution in [0.4, 0.5) is 0 Å². The van der Waals surface area contributed by atoms with Crippen LogP contribution in [-0.4, -0.2) is 23.8 Å². The summed E-state index contributed by atoms with van der Waals surface area (Å²) in [6.45, 7) is 9.88. The van der Waals surface area contributed by atoms with E-state index >= 15 is 0 Å². The molecule has 96 valence electrons. The van der Waals surface area contributed by atoms with Gasteiger partial charge in [-0.05, 0) is 44.1 Å². The molecule has 1 saturated carbocycles. The lowest BCUT2D eigenvalue weighted by Crippen LogP contribution is -2.44. The Balaban J connectivity index is 2.41. The van der Waals surface area contributed by atoms with E-state index in [-0.39, 0.29) is 6.10 Å². The molecule has 2 N–H and O–H groups in total. The molecule has 2 nitrogen and oxygen atoms in total. The molecule has 0 amide bonds. The summed E-state index contributed by atoms with van der Waals surface area (Å²) in [6, 6.07) is 0.660. The summed E-state index contributed by atoms with van der Waals surface area (Å²) < 4.78 is 0. The molecule has 0 aromatic rings. The molecule has 0 saturated heterocycles. The third kappa shape index (κ3) is 4.42. The summed E-state index contributed by atoms with van der Waals surface area (Å²) >= 11 is 0. The molecule has 0 aromatic carbocycles. The Labute approximate surface area is 101 Å². The van der Waals surface area contributed by atoms with Gasteiger partial charge in [-0.1, -0.05) is 33.6 Å². The Kier molecular flexibility index (Phi) is 5.26. The van der Waals surface area contributed by atoms with E-state index in [9.17, 15) is 5.11 Å². The lowest BCUT2D eigenvalue weighted by Gasteiger charge is -2.41. The fourth-order valence-electron chi connectivity index (χ4n) is 2.89. The summed E-state index contributed by atoms with van der Waals surface area (Å²) in [7, 11) is 0. The topological polar surface area (TPSA) is 32.3 Å². The maximum atomic E-state index is 9.27. The van der Waals surface area contributed by atoms with Gasteiger partial charge in [-0.15, -0.1) is 0 Å².